The van der Waals surface area contributed by atoms with Crippen LogP contribution in [0.15, 0.2) is 60.2 Å². The SMILES string of the molecule is CC[NH+](CC)CCCN1C(=O)C(=O)/C(=C(/[O-])c2ccccc2)C1c1ccc(C)cc1. The van der Waals surface area contributed by atoms with E-state index in [1.807, 2.05) is 37.3 Å². The molecule has 1 unspecified atom stereocenters. The number of carbonyl (C=O) groups excluding carboxylic acids is 2. The summed E-state index contributed by atoms with van der Waals surface area (Å²) in [6.45, 7) is 9.69. The first-order valence-corrected chi connectivity index (χ1v) is 10.7. The number of rotatable bonds is 8. The molecule has 5 heteroatoms. The summed E-state index contributed by atoms with van der Waals surface area (Å²) >= 11 is 0. The number of hydrogen-bond donors (Lipinski definition) is 1. The lowest BCUT2D eigenvalue weighted by Crippen LogP contribution is -3.11. The second-order valence-electron chi connectivity index (χ2n) is 7.81. The number of quaternary nitrogens is 1. The monoisotopic (exact) mass is 406 g/mol. The van der Waals surface area contributed by atoms with Crippen LogP contribution in [0, 0.1) is 6.92 Å². The minimum Gasteiger partial charge on any atom is -0.872 e. The van der Waals surface area contributed by atoms with Gasteiger partial charge in [-0.3, -0.25) is 9.59 Å². The number of nitrogens with one attached hydrogen (secondary N) is 1. The van der Waals surface area contributed by atoms with Crippen molar-refractivity contribution < 1.29 is 19.6 Å². The van der Waals surface area contributed by atoms with E-state index >= 15 is 0 Å². The maximum Gasteiger partial charge on any atom is 0.295 e. The number of carbonyl (C=O) groups is 2. The summed E-state index contributed by atoms with van der Waals surface area (Å²) in [5.41, 5.74) is 2.38. The van der Waals surface area contributed by atoms with Crippen LogP contribution in [0.3, 0.4) is 0 Å². The lowest BCUT2D eigenvalue weighted by molar-refractivity contribution is -0.896. The van der Waals surface area contributed by atoms with Crippen molar-refractivity contribution in [3.63, 3.8) is 0 Å². The van der Waals surface area contributed by atoms with Gasteiger partial charge >= 0.3 is 0 Å². The fraction of sp³-hybridized carbons (Fsp3) is 0.360. The van der Waals surface area contributed by atoms with E-state index in [4.69, 9.17) is 0 Å². The van der Waals surface area contributed by atoms with Crippen molar-refractivity contribution in [2.45, 2.75) is 33.2 Å². The van der Waals surface area contributed by atoms with E-state index in [1.165, 1.54) is 4.90 Å². The van der Waals surface area contributed by atoms with E-state index in [2.05, 4.69) is 13.8 Å². The zero-order chi connectivity index (χ0) is 21.7. The standard InChI is InChI=1S/C25H30N2O3/c1-4-26(5-2)16-9-17-27-22(19-14-12-18(3)13-15-19)21(24(29)25(27)30)23(28)20-10-7-6-8-11-20/h6-8,10-15,22,28H,4-5,9,16-17H2,1-3H3/b23-21+. The number of benzene rings is 2. The maximum absolute atomic E-state index is 13.2. The molecule has 3 rings (SSSR count). The van der Waals surface area contributed by atoms with Gasteiger partial charge in [-0.15, -0.1) is 0 Å². The van der Waals surface area contributed by atoms with Crippen molar-refractivity contribution in [3.05, 3.63) is 76.9 Å². The molecule has 1 aliphatic heterocycles. The average molecular weight is 407 g/mol. The zero-order valence-corrected chi connectivity index (χ0v) is 18.0. The highest BCUT2D eigenvalue weighted by Crippen LogP contribution is 2.38. The fourth-order valence-electron chi connectivity index (χ4n) is 4.04. The first-order chi connectivity index (χ1) is 14.5. The Morgan fingerprint density at radius 3 is 2.23 bits per heavy atom. The molecule has 2 aromatic rings. The summed E-state index contributed by atoms with van der Waals surface area (Å²) in [5, 5.41) is 13.2. The molecule has 1 fully saturated rings. The van der Waals surface area contributed by atoms with Gasteiger partial charge in [-0.05, 0) is 31.9 Å². The van der Waals surface area contributed by atoms with E-state index in [0.29, 0.717) is 12.1 Å². The summed E-state index contributed by atoms with van der Waals surface area (Å²) in [7, 11) is 0. The third-order valence-corrected chi connectivity index (χ3v) is 5.89. The summed E-state index contributed by atoms with van der Waals surface area (Å²) in [6, 6.07) is 15.8. The number of hydrogen-bond acceptors (Lipinski definition) is 3. The minimum absolute atomic E-state index is 0.0604. The summed E-state index contributed by atoms with van der Waals surface area (Å²) in [5.74, 6) is -1.62. The predicted octanol–water partition coefficient (Wildman–Crippen LogP) is 1.53. The van der Waals surface area contributed by atoms with Crippen LogP contribution in [0.4, 0.5) is 0 Å². The molecular formula is C25H30N2O3. The molecule has 1 saturated heterocycles. The number of Topliss-reactive ketones (excluding diaryl/α,β-unsaturated/α-hetero) is 1. The molecule has 158 valence electrons. The van der Waals surface area contributed by atoms with Gasteiger partial charge in [0.2, 0.25) is 5.78 Å². The van der Waals surface area contributed by atoms with Crippen molar-refractivity contribution in [1.82, 2.24) is 4.90 Å². The van der Waals surface area contributed by atoms with E-state index in [0.717, 1.165) is 37.2 Å². The van der Waals surface area contributed by atoms with Crippen LogP contribution in [0.2, 0.25) is 0 Å². The quantitative estimate of drug-likeness (QED) is 0.411. The van der Waals surface area contributed by atoms with Crippen LogP contribution in [0.5, 0.6) is 0 Å². The third kappa shape index (κ3) is 4.46. The molecule has 2 aromatic carbocycles. The van der Waals surface area contributed by atoms with Crippen molar-refractivity contribution in [1.29, 1.82) is 0 Å². The first kappa shape index (κ1) is 21.8. The normalized spacial score (nSPS) is 18.4. The number of aryl methyl sites for hydroxylation is 1. The van der Waals surface area contributed by atoms with E-state index < -0.39 is 17.7 Å². The molecule has 0 bridgehead atoms. The second-order valence-corrected chi connectivity index (χ2v) is 7.81. The van der Waals surface area contributed by atoms with Crippen molar-refractivity contribution in [2.24, 2.45) is 0 Å². The molecule has 1 N–H and O–H groups in total. The van der Waals surface area contributed by atoms with Crippen LogP contribution in [0.1, 0.15) is 43.0 Å². The molecule has 0 spiro atoms. The predicted molar refractivity (Wildman–Crippen MR) is 116 cm³/mol. The Morgan fingerprint density at radius 2 is 1.63 bits per heavy atom. The molecule has 5 nitrogen and oxygen atoms in total. The molecule has 0 aromatic heterocycles. The van der Waals surface area contributed by atoms with E-state index in [-0.39, 0.29) is 11.3 Å². The van der Waals surface area contributed by atoms with Crippen LogP contribution < -0.4 is 10.0 Å². The maximum atomic E-state index is 13.2. The number of ketones is 1. The summed E-state index contributed by atoms with van der Waals surface area (Å²) < 4.78 is 0. The number of amides is 1. The topological polar surface area (TPSA) is 64.9 Å². The van der Waals surface area contributed by atoms with Crippen molar-refractivity contribution >= 4 is 17.4 Å². The largest absolute Gasteiger partial charge is 0.872 e. The summed E-state index contributed by atoms with van der Waals surface area (Å²) in [4.78, 5) is 28.9. The Morgan fingerprint density at radius 1 is 1.00 bits per heavy atom. The molecule has 30 heavy (non-hydrogen) atoms. The van der Waals surface area contributed by atoms with Gasteiger partial charge in [0.05, 0.1) is 25.7 Å². The number of likely N-dealkylation sites (tertiary alicyclic amines) is 1. The fourth-order valence-corrected chi connectivity index (χ4v) is 4.04. The van der Waals surface area contributed by atoms with Crippen LogP contribution >= 0.6 is 0 Å². The Hall–Kier alpha value is -2.92. The molecule has 1 heterocycles. The van der Waals surface area contributed by atoms with Gasteiger partial charge in [-0.1, -0.05) is 65.9 Å². The second kappa shape index (κ2) is 9.72. The molecule has 0 radical (unpaired) electrons. The van der Waals surface area contributed by atoms with Gasteiger partial charge in [0.25, 0.3) is 5.91 Å². The Kier molecular flexibility index (Phi) is 7.06. The Balaban J connectivity index is 2.00. The first-order valence-electron chi connectivity index (χ1n) is 10.7. The smallest absolute Gasteiger partial charge is 0.295 e. The van der Waals surface area contributed by atoms with Crippen molar-refractivity contribution in [2.75, 3.05) is 26.2 Å². The molecule has 1 atom stereocenters. The van der Waals surface area contributed by atoms with E-state index in [9.17, 15) is 14.7 Å². The Labute approximate surface area is 178 Å². The van der Waals surface area contributed by atoms with E-state index in [1.54, 1.807) is 29.2 Å². The Bertz CT molecular complexity index is 915. The van der Waals surface area contributed by atoms with Gasteiger partial charge in [-0.2, -0.15) is 0 Å². The lowest BCUT2D eigenvalue weighted by atomic mass is 9.94. The van der Waals surface area contributed by atoms with Crippen LogP contribution in [-0.2, 0) is 9.59 Å². The minimum atomic E-state index is -0.676. The molecule has 1 aliphatic rings. The average Bonchev–Trinajstić information content (AvgIpc) is 3.02. The molecule has 0 saturated carbocycles. The molecular weight excluding hydrogens is 376 g/mol. The molecule has 0 aliphatic carbocycles. The van der Waals surface area contributed by atoms with Crippen molar-refractivity contribution in [3.8, 4) is 0 Å². The number of nitrogens with zero attached hydrogens (tertiary/aromatic N) is 1. The summed E-state index contributed by atoms with van der Waals surface area (Å²) in [6.07, 6.45) is 0.783. The van der Waals surface area contributed by atoms with Gasteiger partial charge in [-0.25, -0.2) is 0 Å². The van der Waals surface area contributed by atoms with Gasteiger partial charge in [0, 0.05) is 18.5 Å². The van der Waals surface area contributed by atoms with Gasteiger partial charge in [0.15, 0.2) is 0 Å². The highest BCUT2D eigenvalue weighted by atomic mass is 16.3. The van der Waals surface area contributed by atoms with Gasteiger partial charge in [0.1, 0.15) is 0 Å². The van der Waals surface area contributed by atoms with Gasteiger partial charge < -0.3 is 14.9 Å². The molecule has 1 amide bonds. The zero-order valence-electron chi connectivity index (χ0n) is 18.0. The third-order valence-electron chi connectivity index (χ3n) is 5.89. The lowest BCUT2D eigenvalue weighted by Gasteiger charge is -2.28. The highest BCUT2D eigenvalue weighted by molar-refractivity contribution is 6.46. The highest BCUT2D eigenvalue weighted by Gasteiger charge is 2.43. The van der Waals surface area contributed by atoms with Crippen LogP contribution in [0.25, 0.3) is 5.76 Å². The van der Waals surface area contributed by atoms with Crippen LogP contribution in [-0.4, -0.2) is 42.8 Å².